The van der Waals surface area contributed by atoms with E-state index in [0.717, 1.165) is 18.0 Å². The van der Waals surface area contributed by atoms with Gasteiger partial charge in [0.1, 0.15) is 18.1 Å². The van der Waals surface area contributed by atoms with E-state index in [1.807, 2.05) is 17.5 Å². The lowest BCUT2D eigenvalue weighted by Gasteiger charge is -2.30. The number of thiophene rings is 1. The molecular weight excluding hydrogens is 428 g/mol. The molecular formula is C24H26N2O5S. The van der Waals surface area contributed by atoms with Crippen molar-refractivity contribution in [1.82, 2.24) is 9.80 Å². The minimum absolute atomic E-state index is 0.124. The molecule has 1 amide bonds. The summed E-state index contributed by atoms with van der Waals surface area (Å²) in [4.78, 5) is 30.6. The minimum Gasteiger partial charge on any atom is -0.507 e. The molecule has 3 heterocycles. The lowest BCUT2D eigenvalue weighted by atomic mass is 10.00. The van der Waals surface area contributed by atoms with Gasteiger partial charge in [0, 0.05) is 36.6 Å². The van der Waals surface area contributed by atoms with E-state index in [0.29, 0.717) is 44.2 Å². The number of nitrogens with zero attached hydrogens (tertiary/aromatic N) is 2. The van der Waals surface area contributed by atoms with Gasteiger partial charge in [-0.05, 0) is 35.7 Å². The van der Waals surface area contributed by atoms with Gasteiger partial charge in [-0.1, -0.05) is 18.7 Å². The van der Waals surface area contributed by atoms with Crippen LogP contribution in [0.5, 0.6) is 5.75 Å². The van der Waals surface area contributed by atoms with E-state index in [9.17, 15) is 14.7 Å². The predicted octanol–water partition coefficient (Wildman–Crippen LogP) is 3.07. The zero-order chi connectivity index (χ0) is 22.5. The van der Waals surface area contributed by atoms with E-state index in [2.05, 4.69) is 11.5 Å². The number of aliphatic hydroxyl groups is 1. The van der Waals surface area contributed by atoms with Crippen LogP contribution >= 0.6 is 11.3 Å². The third-order valence-electron chi connectivity index (χ3n) is 5.61. The third-order valence-corrected chi connectivity index (χ3v) is 6.53. The van der Waals surface area contributed by atoms with Crippen molar-refractivity contribution in [2.24, 2.45) is 0 Å². The summed E-state index contributed by atoms with van der Waals surface area (Å²) in [6, 6.07) is 9.96. The standard InChI is InChI=1S/C24H26N2O5S/c1-2-13-31-18-7-5-17(6-8-18)22(27)20-21(19-4-3-16-32-19)26(24(29)23(20)28)10-9-25-11-14-30-15-12-25/h2-8,16,21,27H,1,9-15H2/b22-20+/t21-/m1/s1. The van der Waals surface area contributed by atoms with Crippen molar-refractivity contribution >= 4 is 28.8 Å². The molecule has 2 aliphatic heterocycles. The number of benzene rings is 1. The van der Waals surface area contributed by atoms with Gasteiger partial charge in [0.05, 0.1) is 24.8 Å². The summed E-state index contributed by atoms with van der Waals surface area (Å²) in [7, 11) is 0. The molecule has 0 bridgehead atoms. The zero-order valence-electron chi connectivity index (χ0n) is 17.7. The number of carbonyl (C=O) groups is 2. The van der Waals surface area contributed by atoms with Gasteiger partial charge in [-0.25, -0.2) is 0 Å². The first kappa shape index (κ1) is 22.3. The molecule has 1 N–H and O–H groups in total. The number of hydrogen-bond donors (Lipinski definition) is 1. The van der Waals surface area contributed by atoms with Gasteiger partial charge in [0.2, 0.25) is 0 Å². The third kappa shape index (κ3) is 4.62. The molecule has 7 nitrogen and oxygen atoms in total. The Morgan fingerprint density at radius 2 is 1.94 bits per heavy atom. The van der Waals surface area contributed by atoms with E-state index in [1.54, 1.807) is 35.2 Å². The summed E-state index contributed by atoms with van der Waals surface area (Å²) in [6.07, 6.45) is 1.65. The van der Waals surface area contributed by atoms with Crippen LogP contribution in [0.1, 0.15) is 16.5 Å². The van der Waals surface area contributed by atoms with Gasteiger partial charge in [-0.2, -0.15) is 0 Å². The molecule has 0 radical (unpaired) electrons. The summed E-state index contributed by atoms with van der Waals surface area (Å²) in [5, 5.41) is 13.0. The number of aliphatic hydroxyl groups excluding tert-OH is 1. The predicted molar refractivity (Wildman–Crippen MR) is 123 cm³/mol. The van der Waals surface area contributed by atoms with Gasteiger partial charge in [-0.15, -0.1) is 11.3 Å². The molecule has 2 saturated heterocycles. The molecule has 1 atom stereocenters. The molecule has 1 aromatic heterocycles. The number of ketones is 1. The van der Waals surface area contributed by atoms with E-state index >= 15 is 0 Å². The molecule has 0 aliphatic carbocycles. The lowest BCUT2D eigenvalue weighted by Crippen LogP contribution is -2.42. The Labute approximate surface area is 191 Å². The topological polar surface area (TPSA) is 79.3 Å². The fourth-order valence-corrected chi connectivity index (χ4v) is 4.79. The summed E-state index contributed by atoms with van der Waals surface area (Å²) < 4.78 is 10.9. The van der Waals surface area contributed by atoms with Crippen molar-refractivity contribution in [3.8, 4) is 5.75 Å². The quantitative estimate of drug-likeness (QED) is 0.286. The van der Waals surface area contributed by atoms with Crippen LogP contribution in [0.25, 0.3) is 5.76 Å². The van der Waals surface area contributed by atoms with Gasteiger partial charge >= 0.3 is 0 Å². The van der Waals surface area contributed by atoms with Crippen LogP contribution in [0.2, 0.25) is 0 Å². The molecule has 0 unspecified atom stereocenters. The molecule has 1 aromatic carbocycles. The highest BCUT2D eigenvalue weighted by Crippen LogP contribution is 2.41. The van der Waals surface area contributed by atoms with Gasteiger partial charge in [0.25, 0.3) is 11.7 Å². The molecule has 2 aromatic rings. The smallest absolute Gasteiger partial charge is 0.295 e. The van der Waals surface area contributed by atoms with Crippen LogP contribution in [0, 0.1) is 0 Å². The minimum atomic E-state index is -0.658. The number of rotatable bonds is 8. The first-order valence-corrected chi connectivity index (χ1v) is 11.4. The van der Waals surface area contributed by atoms with E-state index in [-0.39, 0.29) is 11.3 Å². The molecule has 168 valence electrons. The fourth-order valence-electron chi connectivity index (χ4n) is 3.95. The molecule has 8 heteroatoms. The Balaban J connectivity index is 1.64. The van der Waals surface area contributed by atoms with Crippen LogP contribution in [-0.2, 0) is 14.3 Å². The second kappa shape index (κ2) is 10.1. The Bertz CT molecular complexity index is 994. The normalized spacial score (nSPS) is 21.1. The van der Waals surface area contributed by atoms with Crippen LogP contribution in [0.4, 0.5) is 0 Å². The summed E-state index contributed by atoms with van der Waals surface area (Å²) in [5.74, 6) is -0.785. The Morgan fingerprint density at radius 3 is 2.59 bits per heavy atom. The van der Waals surface area contributed by atoms with Crippen LogP contribution in [0.15, 0.2) is 60.0 Å². The zero-order valence-corrected chi connectivity index (χ0v) is 18.6. The second-order valence-electron chi connectivity index (χ2n) is 7.59. The number of ether oxygens (including phenoxy) is 2. The summed E-state index contributed by atoms with van der Waals surface area (Å²) in [5.41, 5.74) is 0.586. The average molecular weight is 455 g/mol. The van der Waals surface area contributed by atoms with Crippen molar-refractivity contribution in [1.29, 1.82) is 0 Å². The molecule has 0 saturated carbocycles. The van der Waals surface area contributed by atoms with Crippen molar-refractivity contribution < 1.29 is 24.2 Å². The van der Waals surface area contributed by atoms with E-state index in [4.69, 9.17) is 9.47 Å². The molecule has 0 spiro atoms. The first-order chi connectivity index (χ1) is 15.6. The van der Waals surface area contributed by atoms with Gasteiger partial charge in [0.15, 0.2) is 0 Å². The number of morpholine rings is 1. The SMILES string of the molecule is C=CCOc1ccc(/C(O)=C2\C(=O)C(=O)N(CCN3CCOCC3)[C@@H]2c2cccs2)cc1. The number of Topliss-reactive ketones (excluding diaryl/α,β-unsaturated/α-hetero) is 1. The molecule has 4 rings (SSSR count). The maximum Gasteiger partial charge on any atom is 0.295 e. The fraction of sp³-hybridized carbons (Fsp3) is 0.333. The highest BCUT2D eigenvalue weighted by Gasteiger charge is 2.46. The van der Waals surface area contributed by atoms with Crippen molar-refractivity contribution in [2.45, 2.75) is 6.04 Å². The largest absolute Gasteiger partial charge is 0.507 e. The van der Waals surface area contributed by atoms with Crippen molar-refractivity contribution in [3.05, 3.63) is 70.4 Å². The molecule has 2 aliphatic rings. The van der Waals surface area contributed by atoms with Crippen molar-refractivity contribution in [3.63, 3.8) is 0 Å². The Kier molecular flexibility index (Phi) is 7.04. The average Bonchev–Trinajstić information content (AvgIpc) is 3.44. The van der Waals surface area contributed by atoms with Crippen molar-refractivity contribution in [2.75, 3.05) is 46.0 Å². The van der Waals surface area contributed by atoms with Crippen LogP contribution < -0.4 is 4.74 Å². The Hall–Kier alpha value is -2.94. The number of carbonyl (C=O) groups excluding carboxylic acids is 2. The first-order valence-electron chi connectivity index (χ1n) is 10.6. The van der Waals surface area contributed by atoms with Crippen LogP contribution in [0.3, 0.4) is 0 Å². The molecule has 32 heavy (non-hydrogen) atoms. The number of hydrogen-bond acceptors (Lipinski definition) is 7. The van der Waals surface area contributed by atoms with Gasteiger partial charge in [-0.3, -0.25) is 14.5 Å². The number of likely N-dealkylation sites (tertiary alicyclic amines) is 1. The number of amides is 1. The maximum absolute atomic E-state index is 13.0. The van der Waals surface area contributed by atoms with Crippen LogP contribution in [-0.4, -0.2) is 72.6 Å². The van der Waals surface area contributed by atoms with E-state index in [1.165, 1.54) is 11.3 Å². The Morgan fingerprint density at radius 1 is 1.19 bits per heavy atom. The monoisotopic (exact) mass is 454 g/mol. The van der Waals surface area contributed by atoms with E-state index < -0.39 is 17.7 Å². The van der Waals surface area contributed by atoms with Gasteiger partial charge < -0.3 is 19.5 Å². The lowest BCUT2D eigenvalue weighted by molar-refractivity contribution is -0.140. The highest BCUT2D eigenvalue weighted by atomic mass is 32.1. The second-order valence-corrected chi connectivity index (χ2v) is 8.57. The summed E-state index contributed by atoms with van der Waals surface area (Å²) in [6.45, 7) is 7.97. The maximum atomic E-state index is 13.0. The highest BCUT2D eigenvalue weighted by molar-refractivity contribution is 7.10. The molecule has 2 fully saturated rings. The summed E-state index contributed by atoms with van der Waals surface area (Å²) >= 11 is 1.46.